The molecule has 0 heterocycles. The van der Waals surface area contributed by atoms with E-state index < -0.39 is 11.9 Å². The van der Waals surface area contributed by atoms with Crippen molar-refractivity contribution in [2.45, 2.75) is 19.4 Å². The van der Waals surface area contributed by atoms with Gasteiger partial charge in [0.15, 0.2) is 0 Å². The van der Waals surface area contributed by atoms with E-state index in [4.69, 9.17) is 10.6 Å². The van der Waals surface area contributed by atoms with E-state index in [1.807, 2.05) is 6.92 Å². The first kappa shape index (κ1) is 15.4. The zero-order valence-electron chi connectivity index (χ0n) is 12.0. The van der Waals surface area contributed by atoms with Crippen LogP contribution >= 0.6 is 0 Å². The number of hydrogen-bond donors (Lipinski definition) is 2. The van der Waals surface area contributed by atoms with Crippen LogP contribution in [-0.4, -0.2) is 7.11 Å². The summed E-state index contributed by atoms with van der Waals surface area (Å²) in [5.74, 6) is 5.24. The van der Waals surface area contributed by atoms with E-state index in [9.17, 15) is 8.78 Å². The van der Waals surface area contributed by atoms with Gasteiger partial charge in [-0.3, -0.25) is 11.3 Å². The molecule has 0 amide bonds. The van der Waals surface area contributed by atoms with Crippen LogP contribution < -0.4 is 16.0 Å². The molecule has 5 heteroatoms. The summed E-state index contributed by atoms with van der Waals surface area (Å²) in [4.78, 5) is 0. The third kappa shape index (κ3) is 3.37. The van der Waals surface area contributed by atoms with E-state index in [0.717, 1.165) is 11.1 Å². The molecule has 0 fully saturated rings. The van der Waals surface area contributed by atoms with Crippen molar-refractivity contribution in [3.8, 4) is 5.75 Å². The van der Waals surface area contributed by atoms with Crippen molar-refractivity contribution in [3.63, 3.8) is 0 Å². The van der Waals surface area contributed by atoms with Crippen LogP contribution in [0, 0.1) is 18.6 Å². The van der Waals surface area contributed by atoms with Crippen LogP contribution in [0.1, 0.15) is 22.7 Å². The van der Waals surface area contributed by atoms with Crippen LogP contribution in [0.3, 0.4) is 0 Å². The Hall–Kier alpha value is -1.98. The molecule has 3 nitrogen and oxygen atoms in total. The van der Waals surface area contributed by atoms with Gasteiger partial charge in [-0.05, 0) is 48.7 Å². The average Bonchev–Trinajstić information content (AvgIpc) is 2.48. The maximum absolute atomic E-state index is 14.1. The first-order chi connectivity index (χ1) is 10.1. The Morgan fingerprint density at radius 3 is 2.67 bits per heavy atom. The minimum absolute atomic E-state index is 0.327. The third-order valence-corrected chi connectivity index (χ3v) is 3.52. The standard InChI is InChI=1S/C16H18F2N2O/c1-10-6-7-12(17)8-11(10)9-14(20-19)16-13(18)4-3-5-15(16)21-2/h3-8,14,20H,9,19H2,1-2H3. The quantitative estimate of drug-likeness (QED) is 0.658. The summed E-state index contributed by atoms with van der Waals surface area (Å²) in [7, 11) is 1.47. The van der Waals surface area contributed by atoms with Crippen LogP contribution in [0.5, 0.6) is 5.75 Å². The number of hydrogen-bond acceptors (Lipinski definition) is 3. The molecule has 0 saturated carbocycles. The van der Waals surface area contributed by atoms with E-state index in [0.29, 0.717) is 17.7 Å². The molecule has 0 bridgehead atoms. The number of halogens is 2. The van der Waals surface area contributed by atoms with Crippen molar-refractivity contribution in [1.82, 2.24) is 5.43 Å². The number of hydrazine groups is 1. The summed E-state index contributed by atoms with van der Waals surface area (Å²) in [6.45, 7) is 1.88. The number of ether oxygens (including phenoxy) is 1. The van der Waals surface area contributed by atoms with Gasteiger partial charge in [0.05, 0.1) is 13.2 Å². The van der Waals surface area contributed by atoms with Crippen LogP contribution in [0.25, 0.3) is 0 Å². The summed E-state index contributed by atoms with van der Waals surface area (Å²) < 4.78 is 32.7. The van der Waals surface area contributed by atoms with Gasteiger partial charge in [-0.25, -0.2) is 8.78 Å². The summed E-state index contributed by atoms with van der Waals surface area (Å²) in [5.41, 5.74) is 4.62. The summed E-state index contributed by atoms with van der Waals surface area (Å²) in [6.07, 6.45) is 0.359. The molecule has 1 unspecified atom stereocenters. The molecule has 0 aliphatic carbocycles. The minimum atomic E-state index is -0.512. The number of methoxy groups -OCH3 is 1. The van der Waals surface area contributed by atoms with Gasteiger partial charge in [0.25, 0.3) is 0 Å². The molecule has 0 saturated heterocycles. The van der Waals surface area contributed by atoms with Crippen LogP contribution in [0.4, 0.5) is 8.78 Å². The van der Waals surface area contributed by atoms with E-state index in [-0.39, 0.29) is 5.82 Å². The number of rotatable bonds is 5. The van der Waals surface area contributed by atoms with Crippen molar-refractivity contribution in [2.75, 3.05) is 7.11 Å². The molecule has 112 valence electrons. The highest BCUT2D eigenvalue weighted by Crippen LogP contribution is 2.30. The fourth-order valence-electron chi connectivity index (χ4n) is 2.36. The molecular weight excluding hydrogens is 274 g/mol. The SMILES string of the molecule is COc1cccc(F)c1C(Cc1cc(F)ccc1C)NN. The summed E-state index contributed by atoms with van der Waals surface area (Å²) in [5, 5.41) is 0. The van der Waals surface area contributed by atoms with Gasteiger partial charge in [0.1, 0.15) is 17.4 Å². The predicted molar refractivity (Wildman–Crippen MR) is 77.9 cm³/mol. The number of nitrogens with two attached hydrogens (primary N) is 1. The highest BCUT2D eigenvalue weighted by molar-refractivity contribution is 5.39. The van der Waals surface area contributed by atoms with Crippen molar-refractivity contribution < 1.29 is 13.5 Å². The van der Waals surface area contributed by atoms with Gasteiger partial charge in [0.2, 0.25) is 0 Å². The normalized spacial score (nSPS) is 12.2. The Balaban J connectivity index is 2.39. The lowest BCUT2D eigenvalue weighted by atomic mass is 9.95. The fourth-order valence-corrected chi connectivity index (χ4v) is 2.36. The molecule has 1 atom stereocenters. The topological polar surface area (TPSA) is 47.3 Å². The van der Waals surface area contributed by atoms with Crippen molar-refractivity contribution in [1.29, 1.82) is 0 Å². The Labute approximate surface area is 122 Å². The van der Waals surface area contributed by atoms with Crippen LogP contribution in [-0.2, 0) is 6.42 Å². The molecule has 3 N–H and O–H groups in total. The molecule has 2 rings (SSSR count). The largest absolute Gasteiger partial charge is 0.496 e. The zero-order valence-corrected chi connectivity index (χ0v) is 12.0. The van der Waals surface area contributed by atoms with Gasteiger partial charge < -0.3 is 4.74 Å². The van der Waals surface area contributed by atoms with Gasteiger partial charge >= 0.3 is 0 Å². The van der Waals surface area contributed by atoms with Crippen LogP contribution in [0.2, 0.25) is 0 Å². The lowest BCUT2D eigenvalue weighted by molar-refractivity contribution is 0.390. The Morgan fingerprint density at radius 2 is 2.00 bits per heavy atom. The average molecular weight is 292 g/mol. The van der Waals surface area contributed by atoms with Crippen molar-refractivity contribution >= 4 is 0 Å². The molecule has 21 heavy (non-hydrogen) atoms. The molecule has 0 spiro atoms. The zero-order chi connectivity index (χ0) is 15.4. The first-order valence-corrected chi connectivity index (χ1v) is 6.60. The third-order valence-electron chi connectivity index (χ3n) is 3.52. The second kappa shape index (κ2) is 6.65. The fraction of sp³-hybridized carbons (Fsp3) is 0.250. The number of nitrogens with one attached hydrogen (secondary N) is 1. The van der Waals surface area contributed by atoms with Gasteiger partial charge in [-0.15, -0.1) is 0 Å². The minimum Gasteiger partial charge on any atom is -0.496 e. The van der Waals surface area contributed by atoms with E-state index in [2.05, 4.69) is 5.43 Å². The Morgan fingerprint density at radius 1 is 1.24 bits per heavy atom. The molecule has 2 aromatic carbocycles. The van der Waals surface area contributed by atoms with Gasteiger partial charge in [0, 0.05) is 5.56 Å². The lowest BCUT2D eigenvalue weighted by Crippen LogP contribution is -2.30. The Bertz CT molecular complexity index is 632. The first-order valence-electron chi connectivity index (χ1n) is 6.60. The van der Waals surface area contributed by atoms with E-state index in [1.54, 1.807) is 18.2 Å². The van der Waals surface area contributed by atoms with Crippen molar-refractivity contribution in [2.24, 2.45) is 5.84 Å². The maximum Gasteiger partial charge on any atom is 0.131 e. The van der Waals surface area contributed by atoms with E-state index >= 15 is 0 Å². The van der Waals surface area contributed by atoms with Gasteiger partial charge in [-0.2, -0.15) is 0 Å². The molecular formula is C16H18F2N2O. The monoisotopic (exact) mass is 292 g/mol. The second-order valence-corrected chi connectivity index (χ2v) is 4.85. The smallest absolute Gasteiger partial charge is 0.131 e. The highest BCUT2D eigenvalue weighted by Gasteiger charge is 2.20. The summed E-state index contributed by atoms with van der Waals surface area (Å²) in [6, 6.07) is 8.60. The molecule has 0 aliphatic heterocycles. The molecule has 2 aromatic rings. The number of aryl methyl sites for hydroxylation is 1. The highest BCUT2D eigenvalue weighted by atomic mass is 19.1. The Kier molecular flexibility index (Phi) is 4.88. The second-order valence-electron chi connectivity index (χ2n) is 4.85. The predicted octanol–water partition coefficient (Wildman–Crippen LogP) is 3.03. The van der Waals surface area contributed by atoms with Crippen molar-refractivity contribution in [3.05, 3.63) is 64.7 Å². The van der Waals surface area contributed by atoms with Crippen LogP contribution in [0.15, 0.2) is 36.4 Å². The van der Waals surface area contributed by atoms with E-state index in [1.165, 1.54) is 25.3 Å². The molecule has 0 radical (unpaired) electrons. The lowest BCUT2D eigenvalue weighted by Gasteiger charge is -2.20. The summed E-state index contributed by atoms with van der Waals surface area (Å²) >= 11 is 0. The molecule has 0 aromatic heterocycles. The maximum atomic E-state index is 14.1. The van der Waals surface area contributed by atoms with Gasteiger partial charge in [-0.1, -0.05) is 12.1 Å². The molecule has 0 aliphatic rings. The number of benzene rings is 2.